The maximum atomic E-state index is 11.1. The van der Waals surface area contributed by atoms with Gasteiger partial charge >= 0.3 is 5.97 Å². The van der Waals surface area contributed by atoms with E-state index in [1.165, 1.54) is 19.3 Å². The first-order valence-corrected chi connectivity index (χ1v) is 10.8. The Hall–Kier alpha value is -3.02. The average Bonchev–Trinajstić information content (AvgIpc) is 3.41. The molecular weight excluding hydrogens is 394 g/mol. The molecule has 0 aliphatic carbocycles. The number of carboxylic acids is 1. The highest BCUT2D eigenvalue weighted by atomic mass is 16.5. The first-order valence-electron chi connectivity index (χ1n) is 10.8. The number of nitrogens with zero attached hydrogens (tertiary/aromatic N) is 4. The van der Waals surface area contributed by atoms with Crippen LogP contribution < -0.4 is 0 Å². The minimum atomic E-state index is -0.735. The molecule has 1 aromatic carbocycles. The molecule has 4 heterocycles. The lowest BCUT2D eigenvalue weighted by Gasteiger charge is -2.17. The van der Waals surface area contributed by atoms with E-state index in [0.29, 0.717) is 31.2 Å². The third-order valence-corrected chi connectivity index (χ3v) is 5.90. The van der Waals surface area contributed by atoms with Crippen LogP contribution in [0.1, 0.15) is 44.0 Å². The van der Waals surface area contributed by atoms with Crippen molar-refractivity contribution in [3.05, 3.63) is 35.8 Å². The number of aromatic amines is 1. The normalized spacial score (nSPS) is 21.5. The molecule has 2 N–H and O–H groups in total. The third-order valence-electron chi connectivity index (χ3n) is 5.90. The summed E-state index contributed by atoms with van der Waals surface area (Å²) in [6.45, 7) is 5.01. The first-order chi connectivity index (χ1) is 15.0. The van der Waals surface area contributed by atoms with Gasteiger partial charge in [0.2, 0.25) is 0 Å². The van der Waals surface area contributed by atoms with Crippen LogP contribution in [0.15, 0.2) is 24.4 Å². The van der Waals surface area contributed by atoms with E-state index in [0.717, 1.165) is 40.9 Å². The van der Waals surface area contributed by atoms with Gasteiger partial charge in [0.25, 0.3) is 0 Å². The standard InChI is InChI=1S/C17H15N5O2.C6H12O/c18-6-10-1-2-13-12(5-10)16-14(7-19-13)20-15(21-16)9-22-4-3-11(8-22)17(23)24;1-6-4-2-3-5-7-6/h1-2,5,7,11H,3-4,8-9H2,(H,20,21)(H,23,24);6H,2-5H2,1H3/t;6-/m.1/s1. The van der Waals surface area contributed by atoms with Crippen LogP contribution in [0.4, 0.5) is 0 Å². The molecule has 2 saturated heterocycles. The van der Waals surface area contributed by atoms with Crippen LogP contribution in [0.2, 0.25) is 0 Å². The molecular formula is C23H27N5O3. The van der Waals surface area contributed by atoms with E-state index >= 15 is 0 Å². The number of carboxylic acid groups (broad SMARTS) is 1. The largest absolute Gasteiger partial charge is 0.481 e. The molecule has 0 spiro atoms. The van der Waals surface area contributed by atoms with Crippen LogP contribution in [0.3, 0.4) is 0 Å². The summed E-state index contributed by atoms with van der Waals surface area (Å²) in [5.74, 6) is -0.246. The number of H-pyrrole nitrogens is 1. The summed E-state index contributed by atoms with van der Waals surface area (Å²) in [6.07, 6.45) is 6.84. The molecule has 2 fully saturated rings. The summed E-state index contributed by atoms with van der Waals surface area (Å²) in [5, 5.41) is 19.0. The molecule has 0 amide bonds. The Kier molecular flexibility index (Phi) is 6.44. The second kappa shape index (κ2) is 9.41. The van der Waals surface area contributed by atoms with Gasteiger partial charge in [-0.3, -0.25) is 14.7 Å². The van der Waals surface area contributed by atoms with Crippen molar-refractivity contribution in [3.63, 3.8) is 0 Å². The Morgan fingerprint density at radius 1 is 1.39 bits per heavy atom. The molecule has 0 saturated carbocycles. The van der Waals surface area contributed by atoms with Gasteiger partial charge in [-0.2, -0.15) is 5.26 Å². The van der Waals surface area contributed by atoms with E-state index in [2.05, 4.69) is 32.8 Å². The number of aromatic nitrogens is 3. The van der Waals surface area contributed by atoms with Crippen LogP contribution in [-0.4, -0.2) is 56.7 Å². The number of ether oxygens (including phenoxy) is 1. The lowest BCUT2D eigenvalue weighted by atomic mass is 10.1. The van der Waals surface area contributed by atoms with Crippen molar-refractivity contribution in [1.29, 1.82) is 5.26 Å². The molecule has 2 atom stereocenters. The van der Waals surface area contributed by atoms with Gasteiger partial charge in [-0.05, 0) is 57.4 Å². The molecule has 0 bridgehead atoms. The fourth-order valence-corrected chi connectivity index (χ4v) is 4.14. The van der Waals surface area contributed by atoms with E-state index in [9.17, 15) is 4.79 Å². The van der Waals surface area contributed by atoms with Crippen LogP contribution in [0, 0.1) is 17.2 Å². The summed E-state index contributed by atoms with van der Waals surface area (Å²) < 4.78 is 5.28. The summed E-state index contributed by atoms with van der Waals surface area (Å²) >= 11 is 0. The number of likely N-dealkylation sites (tertiary alicyclic amines) is 1. The molecule has 2 aliphatic rings. The van der Waals surface area contributed by atoms with Crippen LogP contribution in [-0.2, 0) is 16.1 Å². The number of benzene rings is 1. The van der Waals surface area contributed by atoms with Crippen molar-refractivity contribution in [2.45, 2.75) is 45.3 Å². The molecule has 3 aromatic rings. The van der Waals surface area contributed by atoms with Gasteiger partial charge in [0.1, 0.15) is 5.82 Å². The van der Waals surface area contributed by atoms with Gasteiger partial charge in [0, 0.05) is 18.5 Å². The molecule has 8 heteroatoms. The minimum absolute atomic E-state index is 0.296. The number of hydrogen-bond donors (Lipinski definition) is 2. The SMILES string of the molecule is C[C@@H]1CCCCO1.N#Cc1ccc2ncc3[nH]c(CN4CCC(C(=O)O)C4)nc3c2c1. The Bertz CT molecular complexity index is 1110. The second-order valence-corrected chi connectivity index (χ2v) is 8.28. The fourth-order valence-electron chi connectivity index (χ4n) is 4.14. The molecule has 2 aliphatic heterocycles. The van der Waals surface area contributed by atoms with Gasteiger partial charge in [-0.15, -0.1) is 0 Å². The zero-order chi connectivity index (χ0) is 21.8. The quantitative estimate of drug-likeness (QED) is 0.665. The molecule has 162 valence electrons. The van der Waals surface area contributed by atoms with E-state index in [-0.39, 0.29) is 5.92 Å². The minimum Gasteiger partial charge on any atom is -0.481 e. The summed E-state index contributed by atoms with van der Waals surface area (Å²) in [4.78, 5) is 25.5. The highest BCUT2D eigenvalue weighted by molar-refractivity contribution is 6.02. The Morgan fingerprint density at radius 3 is 2.90 bits per heavy atom. The van der Waals surface area contributed by atoms with Gasteiger partial charge in [0.05, 0.1) is 52.9 Å². The lowest BCUT2D eigenvalue weighted by Crippen LogP contribution is -2.23. The lowest BCUT2D eigenvalue weighted by molar-refractivity contribution is -0.141. The molecule has 1 unspecified atom stereocenters. The number of nitrogens with one attached hydrogen (secondary N) is 1. The number of pyridine rings is 1. The van der Waals surface area contributed by atoms with Crippen molar-refractivity contribution >= 4 is 27.9 Å². The second-order valence-electron chi connectivity index (χ2n) is 8.28. The van der Waals surface area contributed by atoms with Gasteiger partial charge < -0.3 is 14.8 Å². The van der Waals surface area contributed by atoms with Crippen LogP contribution >= 0.6 is 0 Å². The number of aliphatic carboxylic acids is 1. The number of hydrogen-bond acceptors (Lipinski definition) is 6. The maximum absolute atomic E-state index is 11.1. The van der Waals surface area contributed by atoms with Crippen molar-refractivity contribution in [1.82, 2.24) is 19.9 Å². The predicted molar refractivity (Wildman–Crippen MR) is 116 cm³/mol. The average molecular weight is 422 g/mol. The van der Waals surface area contributed by atoms with E-state index in [4.69, 9.17) is 15.1 Å². The Balaban J connectivity index is 0.000000282. The van der Waals surface area contributed by atoms with E-state index in [1.807, 2.05) is 6.07 Å². The number of rotatable bonds is 3. The Labute approximate surface area is 180 Å². The van der Waals surface area contributed by atoms with Gasteiger partial charge in [-0.25, -0.2) is 4.98 Å². The molecule has 5 rings (SSSR count). The van der Waals surface area contributed by atoms with Crippen molar-refractivity contribution in [3.8, 4) is 6.07 Å². The van der Waals surface area contributed by atoms with Crippen molar-refractivity contribution in [2.75, 3.05) is 19.7 Å². The number of carbonyl (C=O) groups is 1. The zero-order valence-electron chi connectivity index (χ0n) is 17.7. The van der Waals surface area contributed by atoms with Crippen molar-refractivity contribution in [2.24, 2.45) is 5.92 Å². The van der Waals surface area contributed by atoms with Crippen molar-refractivity contribution < 1.29 is 14.6 Å². The summed E-state index contributed by atoms with van der Waals surface area (Å²) in [6, 6.07) is 7.49. The van der Waals surface area contributed by atoms with Crippen LogP contribution in [0.25, 0.3) is 21.9 Å². The zero-order valence-corrected chi connectivity index (χ0v) is 17.7. The first kappa shape index (κ1) is 21.2. The van der Waals surface area contributed by atoms with Gasteiger partial charge in [-0.1, -0.05) is 0 Å². The number of imidazole rings is 1. The highest BCUT2D eigenvalue weighted by Gasteiger charge is 2.28. The number of nitriles is 1. The monoisotopic (exact) mass is 421 g/mol. The van der Waals surface area contributed by atoms with E-state index in [1.54, 1.807) is 18.3 Å². The molecule has 8 nitrogen and oxygen atoms in total. The smallest absolute Gasteiger partial charge is 0.307 e. The highest BCUT2D eigenvalue weighted by Crippen LogP contribution is 2.24. The topological polar surface area (TPSA) is 115 Å². The van der Waals surface area contributed by atoms with Gasteiger partial charge in [0.15, 0.2) is 0 Å². The summed E-state index contributed by atoms with van der Waals surface area (Å²) in [7, 11) is 0. The molecule has 2 aromatic heterocycles. The fraction of sp³-hybridized carbons (Fsp3) is 0.478. The Morgan fingerprint density at radius 2 is 2.26 bits per heavy atom. The van der Waals surface area contributed by atoms with Crippen LogP contribution in [0.5, 0.6) is 0 Å². The maximum Gasteiger partial charge on any atom is 0.307 e. The predicted octanol–water partition coefficient (Wildman–Crippen LogP) is 3.46. The third kappa shape index (κ3) is 5.01. The number of fused-ring (bicyclic) bond motifs is 3. The molecule has 0 radical (unpaired) electrons. The molecule has 31 heavy (non-hydrogen) atoms. The summed E-state index contributed by atoms with van der Waals surface area (Å²) in [5.41, 5.74) is 2.99. The van der Waals surface area contributed by atoms with E-state index < -0.39 is 5.97 Å².